The lowest BCUT2D eigenvalue weighted by molar-refractivity contribution is 0.497. The van der Waals surface area contributed by atoms with Crippen molar-refractivity contribution in [2.24, 2.45) is 5.92 Å². The third-order valence-electron chi connectivity index (χ3n) is 2.41. The third-order valence-corrected chi connectivity index (χ3v) is 2.41. The van der Waals surface area contributed by atoms with Crippen LogP contribution in [0.3, 0.4) is 0 Å². The van der Waals surface area contributed by atoms with Crippen LogP contribution in [0.2, 0.25) is 0 Å². The number of hydrogen-bond acceptors (Lipinski definition) is 0. The molecule has 1 nitrogen and oxygen atoms in total. The van der Waals surface area contributed by atoms with E-state index in [1.54, 1.807) is 0 Å². The van der Waals surface area contributed by atoms with Gasteiger partial charge in [-0.05, 0) is 30.7 Å². The molecule has 1 atom stereocenters. The van der Waals surface area contributed by atoms with Crippen molar-refractivity contribution in [1.82, 2.24) is 5.73 Å². The summed E-state index contributed by atoms with van der Waals surface area (Å²) in [7, 11) is 0. The van der Waals surface area contributed by atoms with Crippen LogP contribution in [0.1, 0.15) is 25.3 Å². The van der Waals surface area contributed by atoms with Crippen LogP contribution in [-0.2, 0) is 6.42 Å². The Morgan fingerprint density at radius 3 is 2.46 bits per heavy atom. The molecule has 1 radical (unpaired) electrons. The van der Waals surface area contributed by atoms with Gasteiger partial charge in [0.15, 0.2) is 0 Å². The number of benzene rings is 1. The highest BCUT2D eigenvalue weighted by Gasteiger charge is 2.00. The van der Waals surface area contributed by atoms with Crippen molar-refractivity contribution in [1.29, 1.82) is 0 Å². The minimum absolute atomic E-state index is 0.565. The van der Waals surface area contributed by atoms with E-state index in [0.29, 0.717) is 12.5 Å². The highest BCUT2D eigenvalue weighted by Crippen LogP contribution is 2.11. The Balaban J connectivity index is 2.27. The molecule has 1 unspecified atom stereocenters. The molecule has 1 aromatic rings. The average molecular weight is 176 g/mol. The Morgan fingerprint density at radius 1 is 1.15 bits per heavy atom. The maximum Gasteiger partial charge on any atom is 0.0102 e. The van der Waals surface area contributed by atoms with Crippen LogP contribution >= 0.6 is 0 Å². The maximum atomic E-state index is 7.12. The summed E-state index contributed by atoms with van der Waals surface area (Å²) in [6, 6.07) is 10.6. The van der Waals surface area contributed by atoms with E-state index in [0.717, 1.165) is 12.8 Å². The van der Waals surface area contributed by atoms with Gasteiger partial charge in [-0.25, -0.2) is 0 Å². The Bertz CT molecular complexity index is 218. The molecule has 0 aliphatic carbocycles. The summed E-state index contributed by atoms with van der Waals surface area (Å²) >= 11 is 0. The first kappa shape index (κ1) is 10.3. The Labute approximate surface area is 81.0 Å². The van der Waals surface area contributed by atoms with Crippen molar-refractivity contribution in [3.63, 3.8) is 0 Å². The van der Waals surface area contributed by atoms with E-state index in [-0.39, 0.29) is 0 Å². The number of hydrogen-bond donors (Lipinski definition) is 0. The fourth-order valence-corrected chi connectivity index (χ4v) is 1.45. The minimum Gasteiger partial charge on any atom is -0.258 e. The highest BCUT2D eigenvalue weighted by atomic mass is 14.5. The smallest absolute Gasteiger partial charge is 0.0102 e. The first-order valence-electron chi connectivity index (χ1n) is 5.01. The predicted octanol–water partition coefficient (Wildman–Crippen LogP) is 2.93. The quantitative estimate of drug-likeness (QED) is 0.658. The Hall–Kier alpha value is -0.820. The molecule has 0 fully saturated rings. The lowest BCUT2D eigenvalue weighted by atomic mass is 9.98. The minimum atomic E-state index is 0.565. The van der Waals surface area contributed by atoms with Crippen molar-refractivity contribution < 1.29 is 0 Å². The zero-order chi connectivity index (χ0) is 9.52. The second-order valence-electron chi connectivity index (χ2n) is 3.67. The topological polar surface area (TPSA) is 23.8 Å². The second kappa shape index (κ2) is 5.76. The summed E-state index contributed by atoms with van der Waals surface area (Å²) in [5.41, 5.74) is 8.53. The Morgan fingerprint density at radius 2 is 1.85 bits per heavy atom. The fourth-order valence-electron chi connectivity index (χ4n) is 1.45. The van der Waals surface area contributed by atoms with Gasteiger partial charge in [-0.15, -0.1) is 0 Å². The third kappa shape index (κ3) is 4.09. The zero-order valence-corrected chi connectivity index (χ0v) is 8.29. The van der Waals surface area contributed by atoms with Crippen LogP contribution in [0.15, 0.2) is 30.3 Å². The van der Waals surface area contributed by atoms with E-state index in [1.807, 2.05) is 0 Å². The molecule has 1 N–H and O–H groups in total. The van der Waals surface area contributed by atoms with Gasteiger partial charge < -0.3 is 0 Å². The molecule has 0 saturated carbocycles. The molecule has 0 bridgehead atoms. The predicted molar refractivity (Wildman–Crippen MR) is 56.5 cm³/mol. The van der Waals surface area contributed by atoms with Gasteiger partial charge in [-0.1, -0.05) is 37.3 Å². The maximum absolute atomic E-state index is 7.12. The van der Waals surface area contributed by atoms with Gasteiger partial charge in [0.05, 0.1) is 0 Å². The van der Waals surface area contributed by atoms with E-state index in [1.165, 1.54) is 12.0 Å². The number of aryl methyl sites for hydroxylation is 1. The monoisotopic (exact) mass is 176 g/mol. The van der Waals surface area contributed by atoms with Crippen molar-refractivity contribution in [2.45, 2.75) is 26.2 Å². The molecule has 0 aliphatic rings. The van der Waals surface area contributed by atoms with Crippen LogP contribution in [-0.4, -0.2) is 6.54 Å². The number of nitrogens with one attached hydrogen (secondary N) is 1. The molecule has 0 spiro atoms. The Kier molecular flexibility index (Phi) is 4.55. The normalized spacial score (nSPS) is 12.8. The molecule has 71 valence electrons. The van der Waals surface area contributed by atoms with Crippen molar-refractivity contribution >= 4 is 0 Å². The highest BCUT2D eigenvalue weighted by molar-refractivity contribution is 5.14. The summed E-state index contributed by atoms with van der Waals surface area (Å²) < 4.78 is 0. The van der Waals surface area contributed by atoms with Gasteiger partial charge in [-0.2, -0.15) is 0 Å². The summed E-state index contributed by atoms with van der Waals surface area (Å²) in [5, 5.41) is 0. The lowest BCUT2D eigenvalue weighted by Crippen LogP contribution is -2.00. The largest absolute Gasteiger partial charge is 0.258 e. The van der Waals surface area contributed by atoms with Gasteiger partial charge in [0.25, 0.3) is 0 Å². The summed E-state index contributed by atoms with van der Waals surface area (Å²) in [6.07, 6.45) is 3.40. The van der Waals surface area contributed by atoms with Gasteiger partial charge in [0, 0.05) is 6.54 Å². The van der Waals surface area contributed by atoms with Crippen molar-refractivity contribution in [2.75, 3.05) is 6.54 Å². The molecular weight excluding hydrogens is 158 g/mol. The molecule has 0 heterocycles. The second-order valence-corrected chi connectivity index (χ2v) is 3.67. The van der Waals surface area contributed by atoms with Gasteiger partial charge >= 0.3 is 0 Å². The molecular formula is C12H18N. The summed E-state index contributed by atoms with van der Waals surface area (Å²) in [4.78, 5) is 0. The van der Waals surface area contributed by atoms with E-state index in [9.17, 15) is 0 Å². The van der Waals surface area contributed by atoms with Crippen LogP contribution in [0.5, 0.6) is 0 Å². The SMILES string of the molecule is CC(CC[NH])CCc1ccccc1. The molecule has 0 aliphatic heterocycles. The molecule has 0 amide bonds. The zero-order valence-electron chi connectivity index (χ0n) is 8.29. The number of rotatable bonds is 5. The van der Waals surface area contributed by atoms with Crippen LogP contribution in [0.25, 0.3) is 0 Å². The molecule has 1 heteroatoms. The standard InChI is InChI=1S/C12H18N/c1-11(9-10-13)7-8-12-5-3-2-4-6-12/h2-6,11,13H,7-10H2,1H3. The molecule has 0 saturated heterocycles. The molecule has 1 aromatic carbocycles. The fraction of sp³-hybridized carbons (Fsp3) is 0.500. The van der Waals surface area contributed by atoms with Crippen molar-refractivity contribution in [3.05, 3.63) is 35.9 Å². The summed E-state index contributed by atoms with van der Waals surface area (Å²) in [5.74, 6) is 0.692. The first-order valence-corrected chi connectivity index (χ1v) is 5.01. The average Bonchev–Trinajstić information content (AvgIpc) is 2.17. The lowest BCUT2D eigenvalue weighted by Gasteiger charge is -2.08. The van der Waals surface area contributed by atoms with Gasteiger partial charge in [0.1, 0.15) is 0 Å². The molecule has 1 rings (SSSR count). The summed E-state index contributed by atoms with van der Waals surface area (Å²) in [6.45, 7) is 2.80. The van der Waals surface area contributed by atoms with Crippen LogP contribution in [0, 0.1) is 5.92 Å². The molecule has 0 aromatic heterocycles. The van der Waals surface area contributed by atoms with Gasteiger partial charge in [0.2, 0.25) is 0 Å². The van der Waals surface area contributed by atoms with Crippen LogP contribution < -0.4 is 5.73 Å². The van der Waals surface area contributed by atoms with E-state index < -0.39 is 0 Å². The van der Waals surface area contributed by atoms with Gasteiger partial charge in [-0.3, -0.25) is 5.73 Å². The first-order chi connectivity index (χ1) is 6.33. The molecule has 13 heavy (non-hydrogen) atoms. The van der Waals surface area contributed by atoms with E-state index >= 15 is 0 Å². The van der Waals surface area contributed by atoms with E-state index in [2.05, 4.69) is 37.3 Å². The van der Waals surface area contributed by atoms with E-state index in [4.69, 9.17) is 5.73 Å². The van der Waals surface area contributed by atoms with Crippen LogP contribution in [0.4, 0.5) is 0 Å². The van der Waals surface area contributed by atoms with Crippen molar-refractivity contribution in [3.8, 4) is 0 Å².